The summed E-state index contributed by atoms with van der Waals surface area (Å²) in [6.45, 7) is 0. The van der Waals surface area contributed by atoms with Crippen LogP contribution in [0.25, 0.3) is 60.1 Å². The first kappa shape index (κ1) is 23.0. The zero-order chi connectivity index (χ0) is 26.5. The van der Waals surface area contributed by atoms with Crippen molar-refractivity contribution in [1.82, 2.24) is 0 Å². The molecular weight excluding hydrogens is 480 g/mol. The van der Waals surface area contributed by atoms with Gasteiger partial charge < -0.3 is 0 Å². The van der Waals surface area contributed by atoms with Crippen molar-refractivity contribution in [3.63, 3.8) is 0 Å². The third-order valence-electron chi connectivity index (χ3n) is 8.62. The molecule has 0 amide bonds. The molecule has 0 spiro atoms. The molecule has 188 valence electrons. The van der Waals surface area contributed by atoms with E-state index in [2.05, 4.69) is 158 Å². The van der Waals surface area contributed by atoms with Gasteiger partial charge in [0.25, 0.3) is 0 Å². The molecule has 0 heterocycles. The first-order chi connectivity index (χ1) is 19.9. The Balaban J connectivity index is 1.42. The van der Waals surface area contributed by atoms with E-state index in [9.17, 15) is 0 Å². The van der Waals surface area contributed by atoms with Crippen LogP contribution in [0.4, 0.5) is 0 Å². The van der Waals surface area contributed by atoms with Crippen LogP contribution in [-0.4, -0.2) is 0 Å². The van der Waals surface area contributed by atoms with Gasteiger partial charge in [0.15, 0.2) is 0 Å². The fourth-order valence-electron chi connectivity index (χ4n) is 6.81. The molecule has 0 bridgehead atoms. The lowest BCUT2D eigenvalue weighted by molar-refractivity contribution is 0.679. The van der Waals surface area contributed by atoms with Gasteiger partial charge in [-0.25, -0.2) is 0 Å². The number of hydrogen-bond acceptors (Lipinski definition) is 0. The van der Waals surface area contributed by atoms with E-state index in [0.717, 1.165) is 0 Å². The number of allylic oxidation sites excluding steroid dienone is 8. The Hall–Kier alpha value is -4.94. The summed E-state index contributed by atoms with van der Waals surface area (Å²) >= 11 is 0. The van der Waals surface area contributed by atoms with Crippen LogP contribution in [0.2, 0.25) is 0 Å². The summed E-state index contributed by atoms with van der Waals surface area (Å²) in [5.74, 6) is 0.751. The summed E-state index contributed by atoms with van der Waals surface area (Å²) in [4.78, 5) is 0. The molecule has 0 saturated carbocycles. The van der Waals surface area contributed by atoms with Crippen LogP contribution in [-0.2, 0) is 0 Å². The van der Waals surface area contributed by atoms with Crippen molar-refractivity contribution in [2.75, 3.05) is 0 Å². The molecule has 0 fully saturated rings. The minimum absolute atomic E-state index is 0.349. The Labute approximate surface area is 234 Å². The van der Waals surface area contributed by atoms with Crippen molar-refractivity contribution >= 4 is 37.9 Å². The van der Waals surface area contributed by atoms with Crippen LogP contribution < -0.4 is 0 Å². The Morgan fingerprint density at radius 3 is 1.82 bits per heavy atom. The van der Waals surface area contributed by atoms with Crippen molar-refractivity contribution in [2.24, 2.45) is 11.8 Å². The average molecular weight is 509 g/mol. The zero-order valence-corrected chi connectivity index (χ0v) is 22.2. The molecule has 0 heteroatoms. The van der Waals surface area contributed by atoms with Gasteiger partial charge >= 0.3 is 0 Å². The van der Waals surface area contributed by atoms with Crippen molar-refractivity contribution in [1.29, 1.82) is 0 Å². The summed E-state index contributed by atoms with van der Waals surface area (Å²) in [6, 6.07) is 42.3. The largest absolute Gasteiger partial charge is 0.0767 e. The molecule has 0 radical (unpaired) electrons. The number of benzene rings is 6. The van der Waals surface area contributed by atoms with Gasteiger partial charge in [0.2, 0.25) is 0 Å². The van der Waals surface area contributed by atoms with Crippen LogP contribution in [0.1, 0.15) is 5.56 Å². The standard InChI is InChI=1S/C40H28/c1-2-12-27(13-3-1)29-24-25-32-30(26-29)16-11-23-34(32)40-37-20-8-6-18-35(37)39(36-19-7-9-21-38(36)40)33-22-10-15-28-14-4-5-17-31(28)33/h1-26,28,31H. The van der Waals surface area contributed by atoms with E-state index in [1.54, 1.807) is 0 Å². The van der Waals surface area contributed by atoms with Gasteiger partial charge in [-0.2, -0.15) is 0 Å². The Kier molecular flexibility index (Phi) is 5.38. The van der Waals surface area contributed by atoms with Crippen LogP contribution >= 0.6 is 0 Å². The molecule has 0 aromatic heterocycles. The van der Waals surface area contributed by atoms with E-state index in [1.165, 1.54) is 65.7 Å². The third-order valence-corrected chi connectivity index (χ3v) is 8.62. The van der Waals surface area contributed by atoms with Crippen molar-refractivity contribution in [3.05, 3.63) is 163 Å². The average Bonchev–Trinajstić information content (AvgIpc) is 3.03. The summed E-state index contributed by atoms with van der Waals surface area (Å²) in [5.41, 5.74) is 7.85. The van der Waals surface area contributed by atoms with E-state index >= 15 is 0 Å². The number of rotatable bonds is 3. The lowest BCUT2D eigenvalue weighted by atomic mass is 9.74. The van der Waals surface area contributed by atoms with Crippen LogP contribution in [0, 0.1) is 11.8 Å². The van der Waals surface area contributed by atoms with Crippen molar-refractivity contribution < 1.29 is 0 Å². The minimum atomic E-state index is 0.349. The highest BCUT2D eigenvalue weighted by atomic mass is 14.3. The van der Waals surface area contributed by atoms with Gasteiger partial charge in [-0.1, -0.05) is 152 Å². The second kappa shape index (κ2) is 9.36. The lowest BCUT2D eigenvalue weighted by Crippen LogP contribution is -2.15. The van der Waals surface area contributed by atoms with Crippen LogP contribution in [0.3, 0.4) is 0 Å². The molecule has 6 aromatic rings. The normalized spacial score (nSPS) is 17.9. The molecular formula is C40H28. The van der Waals surface area contributed by atoms with E-state index in [0.29, 0.717) is 11.8 Å². The van der Waals surface area contributed by atoms with Crippen molar-refractivity contribution in [3.8, 4) is 22.3 Å². The Morgan fingerprint density at radius 1 is 0.425 bits per heavy atom. The summed E-state index contributed by atoms with van der Waals surface area (Å²) < 4.78 is 0. The molecule has 40 heavy (non-hydrogen) atoms. The molecule has 2 unspecified atom stereocenters. The first-order valence-corrected chi connectivity index (χ1v) is 14.1. The molecule has 2 aliphatic carbocycles. The molecule has 0 aliphatic heterocycles. The van der Waals surface area contributed by atoms with Crippen LogP contribution in [0.5, 0.6) is 0 Å². The highest BCUT2D eigenvalue weighted by Gasteiger charge is 2.27. The zero-order valence-electron chi connectivity index (χ0n) is 22.2. The van der Waals surface area contributed by atoms with Gasteiger partial charge in [0, 0.05) is 11.8 Å². The molecule has 6 aromatic carbocycles. The van der Waals surface area contributed by atoms with E-state index in [4.69, 9.17) is 0 Å². The topological polar surface area (TPSA) is 0 Å². The summed E-state index contributed by atoms with van der Waals surface area (Å²) in [5, 5.41) is 7.79. The SMILES string of the molecule is C1=CC2C=CC=C(c3c4ccccc4c(-c4cccc5cc(-c6ccccc6)ccc45)c4ccccc34)C2C=C1. The second-order valence-corrected chi connectivity index (χ2v) is 10.8. The van der Waals surface area contributed by atoms with Gasteiger partial charge in [-0.3, -0.25) is 0 Å². The fraction of sp³-hybridized carbons (Fsp3) is 0.0500. The van der Waals surface area contributed by atoms with E-state index in [-0.39, 0.29) is 0 Å². The van der Waals surface area contributed by atoms with E-state index in [1.807, 2.05) is 0 Å². The second-order valence-electron chi connectivity index (χ2n) is 10.8. The summed E-state index contributed by atoms with van der Waals surface area (Å²) in [6.07, 6.45) is 16.0. The molecule has 0 saturated heterocycles. The third kappa shape index (κ3) is 3.61. The molecule has 8 rings (SSSR count). The molecule has 0 N–H and O–H groups in total. The maximum atomic E-state index is 2.37. The predicted molar refractivity (Wildman–Crippen MR) is 172 cm³/mol. The fourth-order valence-corrected chi connectivity index (χ4v) is 6.81. The van der Waals surface area contributed by atoms with Gasteiger partial charge in [-0.15, -0.1) is 0 Å². The number of fused-ring (bicyclic) bond motifs is 4. The first-order valence-electron chi connectivity index (χ1n) is 14.1. The quantitative estimate of drug-likeness (QED) is 0.209. The Bertz CT molecular complexity index is 1990. The van der Waals surface area contributed by atoms with Crippen LogP contribution in [0.15, 0.2) is 158 Å². The van der Waals surface area contributed by atoms with Gasteiger partial charge in [-0.05, 0) is 71.8 Å². The Morgan fingerprint density at radius 2 is 1.07 bits per heavy atom. The predicted octanol–water partition coefficient (Wildman–Crippen LogP) is 10.8. The summed E-state index contributed by atoms with van der Waals surface area (Å²) in [7, 11) is 0. The van der Waals surface area contributed by atoms with E-state index < -0.39 is 0 Å². The minimum Gasteiger partial charge on any atom is -0.0767 e. The lowest BCUT2D eigenvalue weighted by Gasteiger charge is -2.29. The van der Waals surface area contributed by atoms with Gasteiger partial charge in [0.05, 0.1) is 0 Å². The maximum Gasteiger partial charge on any atom is 0.0125 e. The highest BCUT2D eigenvalue weighted by Crippen LogP contribution is 2.47. The molecule has 2 aliphatic rings. The monoisotopic (exact) mass is 508 g/mol. The molecule has 0 nitrogen and oxygen atoms in total. The maximum absolute atomic E-state index is 2.37. The van der Waals surface area contributed by atoms with Gasteiger partial charge in [0.1, 0.15) is 0 Å². The van der Waals surface area contributed by atoms with Crippen molar-refractivity contribution in [2.45, 2.75) is 0 Å². The molecule has 2 atom stereocenters. The highest BCUT2D eigenvalue weighted by molar-refractivity contribution is 6.21. The number of hydrogen-bond donors (Lipinski definition) is 0. The smallest absolute Gasteiger partial charge is 0.0125 e.